The number of carbonyl (C=O) groups is 1. The molecule has 2 aliphatic rings. The number of fused-ring (bicyclic) bond motifs is 1. The first kappa shape index (κ1) is 13.1. The average molecular weight is 268 g/mol. The van der Waals surface area contributed by atoms with Gasteiger partial charge >= 0.3 is 0 Å². The Balaban J connectivity index is 2.20. The van der Waals surface area contributed by atoms with E-state index in [9.17, 15) is 4.79 Å². The third kappa shape index (κ3) is 1.66. The van der Waals surface area contributed by atoms with Crippen LogP contribution in [0.15, 0.2) is 48.1 Å². The smallest absolute Gasteiger partial charge is 0.243 e. The van der Waals surface area contributed by atoms with Crippen molar-refractivity contribution in [2.45, 2.75) is 31.8 Å². The number of hydrogen-bond acceptors (Lipinski definition) is 2. The van der Waals surface area contributed by atoms with E-state index in [-0.39, 0.29) is 17.9 Å². The highest BCUT2D eigenvalue weighted by Crippen LogP contribution is 2.46. The molecule has 3 rings (SSSR count). The van der Waals surface area contributed by atoms with Gasteiger partial charge in [0, 0.05) is 12.0 Å². The number of amides is 1. The Bertz CT molecular complexity index is 617. The summed E-state index contributed by atoms with van der Waals surface area (Å²) in [4.78, 5) is 12.4. The molecular formula is C17H20N2O. The molecule has 1 aliphatic heterocycles. The molecule has 3 unspecified atom stereocenters. The molecule has 0 radical (unpaired) electrons. The summed E-state index contributed by atoms with van der Waals surface area (Å²) in [5, 5.41) is 3.48. The summed E-state index contributed by atoms with van der Waals surface area (Å²) in [6, 6.07) is 8.17. The normalized spacial score (nSPS) is 31.8. The van der Waals surface area contributed by atoms with Gasteiger partial charge in [0.15, 0.2) is 0 Å². The van der Waals surface area contributed by atoms with Gasteiger partial charge in [0.25, 0.3) is 0 Å². The van der Waals surface area contributed by atoms with Crippen molar-refractivity contribution in [3.05, 3.63) is 59.2 Å². The minimum absolute atomic E-state index is 0.112. The van der Waals surface area contributed by atoms with Gasteiger partial charge < -0.3 is 5.73 Å². The molecule has 20 heavy (non-hydrogen) atoms. The lowest BCUT2D eigenvalue weighted by atomic mass is 9.72. The van der Waals surface area contributed by atoms with E-state index < -0.39 is 5.54 Å². The van der Waals surface area contributed by atoms with Crippen LogP contribution in [0, 0.1) is 12.8 Å². The molecule has 0 saturated carbocycles. The number of primary amides is 1. The Morgan fingerprint density at radius 2 is 2.15 bits per heavy atom. The summed E-state index contributed by atoms with van der Waals surface area (Å²) in [6.45, 7) is 4.13. The highest BCUT2D eigenvalue weighted by Gasteiger charge is 2.54. The van der Waals surface area contributed by atoms with Crippen molar-refractivity contribution in [1.29, 1.82) is 0 Å². The number of nitrogens with two attached hydrogens (primary N) is 1. The topological polar surface area (TPSA) is 55.1 Å². The van der Waals surface area contributed by atoms with E-state index in [1.807, 2.05) is 31.2 Å². The second-order valence-electron chi connectivity index (χ2n) is 5.74. The van der Waals surface area contributed by atoms with Crippen LogP contribution in [0.2, 0.25) is 0 Å². The van der Waals surface area contributed by atoms with Gasteiger partial charge in [0.2, 0.25) is 5.91 Å². The molecule has 3 nitrogen and oxygen atoms in total. The molecule has 1 fully saturated rings. The molecule has 3 N–H and O–H groups in total. The van der Waals surface area contributed by atoms with E-state index in [2.05, 4.69) is 30.5 Å². The van der Waals surface area contributed by atoms with E-state index in [0.717, 1.165) is 17.5 Å². The number of hydrogen-bond donors (Lipinski definition) is 2. The molecular weight excluding hydrogens is 248 g/mol. The molecule has 3 heteroatoms. The molecule has 1 amide bonds. The summed E-state index contributed by atoms with van der Waals surface area (Å²) in [5.74, 6) is -0.177. The maximum Gasteiger partial charge on any atom is 0.243 e. The Morgan fingerprint density at radius 3 is 2.85 bits per heavy atom. The Kier molecular flexibility index (Phi) is 3.02. The lowest BCUT2D eigenvalue weighted by Crippen LogP contribution is -2.54. The Labute approximate surface area is 119 Å². The van der Waals surface area contributed by atoms with Crippen LogP contribution in [0.25, 0.3) is 0 Å². The first-order chi connectivity index (χ1) is 9.57. The molecule has 3 atom stereocenters. The van der Waals surface area contributed by atoms with Crippen LogP contribution in [-0.4, -0.2) is 11.9 Å². The predicted octanol–water partition coefficient (Wildman–Crippen LogP) is 2.17. The van der Waals surface area contributed by atoms with Crippen molar-refractivity contribution >= 4 is 5.91 Å². The lowest BCUT2D eigenvalue weighted by molar-refractivity contribution is -0.125. The fraction of sp³-hybridized carbons (Fsp3) is 0.353. The van der Waals surface area contributed by atoms with Crippen LogP contribution in [-0.2, 0) is 10.3 Å². The highest BCUT2D eigenvalue weighted by molar-refractivity contribution is 5.89. The predicted molar refractivity (Wildman–Crippen MR) is 80.0 cm³/mol. The molecule has 0 bridgehead atoms. The number of carbonyl (C=O) groups excluding carboxylic acids is 1. The van der Waals surface area contributed by atoms with E-state index >= 15 is 0 Å². The highest BCUT2D eigenvalue weighted by atomic mass is 16.1. The van der Waals surface area contributed by atoms with Crippen molar-refractivity contribution in [1.82, 2.24) is 5.32 Å². The number of aryl methyl sites for hydroxylation is 1. The summed E-state index contributed by atoms with van der Waals surface area (Å²) in [5.41, 5.74) is 8.43. The minimum atomic E-state index is -0.790. The zero-order valence-electron chi connectivity index (χ0n) is 11.9. The van der Waals surface area contributed by atoms with Gasteiger partial charge in [-0.15, -0.1) is 0 Å². The van der Waals surface area contributed by atoms with Crippen molar-refractivity contribution < 1.29 is 4.79 Å². The number of benzene rings is 1. The first-order valence-corrected chi connectivity index (χ1v) is 7.07. The fourth-order valence-electron chi connectivity index (χ4n) is 3.70. The van der Waals surface area contributed by atoms with Gasteiger partial charge in [-0.3, -0.25) is 10.1 Å². The van der Waals surface area contributed by atoms with E-state index in [1.165, 1.54) is 5.57 Å². The van der Waals surface area contributed by atoms with Crippen LogP contribution in [0.3, 0.4) is 0 Å². The van der Waals surface area contributed by atoms with Gasteiger partial charge in [0.1, 0.15) is 5.54 Å². The van der Waals surface area contributed by atoms with Gasteiger partial charge in [-0.1, -0.05) is 42.5 Å². The van der Waals surface area contributed by atoms with Gasteiger partial charge in [-0.2, -0.15) is 0 Å². The molecule has 0 aromatic heterocycles. The summed E-state index contributed by atoms with van der Waals surface area (Å²) < 4.78 is 0. The van der Waals surface area contributed by atoms with Crippen molar-refractivity contribution in [2.24, 2.45) is 11.7 Å². The third-order valence-corrected chi connectivity index (χ3v) is 4.62. The average Bonchev–Trinajstić information content (AvgIpc) is 2.74. The van der Waals surface area contributed by atoms with Crippen molar-refractivity contribution in [3.63, 3.8) is 0 Å². The molecule has 1 aromatic rings. The summed E-state index contributed by atoms with van der Waals surface area (Å²) >= 11 is 0. The van der Waals surface area contributed by atoms with E-state index in [4.69, 9.17) is 5.73 Å². The SMILES string of the molecule is Cc1ccccc1C1(C(N)=O)NC(C)C2=CC=CCC21. The molecule has 0 spiro atoms. The quantitative estimate of drug-likeness (QED) is 0.863. The fourth-order valence-corrected chi connectivity index (χ4v) is 3.70. The molecule has 1 aliphatic carbocycles. The third-order valence-electron chi connectivity index (χ3n) is 4.62. The monoisotopic (exact) mass is 268 g/mol. The number of allylic oxidation sites excluding steroid dienone is 3. The summed E-state index contributed by atoms with van der Waals surface area (Å²) in [6.07, 6.45) is 7.15. The Hall–Kier alpha value is -1.87. The molecule has 1 heterocycles. The van der Waals surface area contributed by atoms with Crippen LogP contribution < -0.4 is 11.1 Å². The zero-order valence-corrected chi connectivity index (χ0v) is 11.9. The molecule has 1 saturated heterocycles. The maximum absolute atomic E-state index is 12.4. The second-order valence-corrected chi connectivity index (χ2v) is 5.74. The first-order valence-electron chi connectivity index (χ1n) is 7.07. The van der Waals surface area contributed by atoms with Crippen molar-refractivity contribution in [3.8, 4) is 0 Å². The Morgan fingerprint density at radius 1 is 1.40 bits per heavy atom. The largest absolute Gasteiger partial charge is 0.368 e. The van der Waals surface area contributed by atoms with E-state index in [0.29, 0.717) is 0 Å². The standard InChI is InChI=1S/C17H20N2O/c1-11-7-3-5-9-14(11)17(16(18)20)15-10-6-4-8-13(15)12(2)19-17/h3-9,12,15,19H,10H2,1-2H3,(H2,18,20). The molecule has 104 valence electrons. The number of nitrogens with one attached hydrogen (secondary N) is 1. The lowest BCUT2D eigenvalue weighted by Gasteiger charge is -2.34. The van der Waals surface area contributed by atoms with Crippen LogP contribution in [0.4, 0.5) is 0 Å². The zero-order chi connectivity index (χ0) is 14.3. The van der Waals surface area contributed by atoms with Crippen LogP contribution in [0.1, 0.15) is 24.5 Å². The van der Waals surface area contributed by atoms with Crippen LogP contribution in [0.5, 0.6) is 0 Å². The van der Waals surface area contributed by atoms with Gasteiger partial charge in [-0.05, 0) is 37.0 Å². The maximum atomic E-state index is 12.4. The summed E-state index contributed by atoms with van der Waals surface area (Å²) in [7, 11) is 0. The minimum Gasteiger partial charge on any atom is -0.368 e. The van der Waals surface area contributed by atoms with Gasteiger partial charge in [0.05, 0.1) is 0 Å². The molecule has 1 aromatic carbocycles. The second kappa shape index (κ2) is 4.60. The van der Waals surface area contributed by atoms with Gasteiger partial charge in [-0.25, -0.2) is 0 Å². The number of rotatable bonds is 2. The van der Waals surface area contributed by atoms with Crippen LogP contribution >= 0.6 is 0 Å². The van der Waals surface area contributed by atoms with Crippen molar-refractivity contribution in [2.75, 3.05) is 0 Å². The van der Waals surface area contributed by atoms with E-state index in [1.54, 1.807) is 0 Å².